The largest absolute Gasteiger partial charge is 0.462 e. The van der Waals surface area contributed by atoms with E-state index in [1.807, 2.05) is 0 Å². The van der Waals surface area contributed by atoms with Crippen molar-refractivity contribution < 1.29 is 18.7 Å². The van der Waals surface area contributed by atoms with Crippen LogP contribution in [0.1, 0.15) is 35.0 Å². The maximum Gasteiger partial charge on any atom is 0.338 e. The maximum atomic E-state index is 13.6. The van der Waals surface area contributed by atoms with Crippen molar-refractivity contribution in [2.45, 2.75) is 26.2 Å². The van der Waals surface area contributed by atoms with Gasteiger partial charge < -0.3 is 15.0 Å². The molecule has 28 heavy (non-hydrogen) atoms. The average Bonchev–Trinajstić information content (AvgIpc) is 3.05. The Morgan fingerprint density at radius 3 is 2.75 bits per heavy atom. The van der Waals surface area contributed by atoms with Gasteiger partial charge >= 0.3 is 5.97 Å². The Kier molecular flexibility index (Phi) is 4.86. The van der Waals surface area contributed by atoms with Gasteiger partial charge in [-0.15, -0.1) is 0 Å². The summed E-state index contributed by atoms with van der Waals surface area (Å²) in [6.45, 7) is 2.07. The molecule has 1 unspecified atom stereocenters. The molecule has 6 heteroatoms. The molecule has 1 aliphatic rings. The van der Waals surface area contributed by atoms with Crippen molar-refractivity contribution >= 4 is 28.5 Å². The predicted octanol–water partition coefficient (Wildman–Crippen LogP) is 4.23. The van der Waals surface area contributed by atoms with Crippen LogP contribution >= 0.6 is 0 Å². The Morgan fingerprint density at radius 1 is 1.21 bits per heavy atom. The molecule has 4 rings (SSSR count). The zero-order valence-corrected chi connectivity index (χ0v) is 15.5. The number of anilines is 1. The summed E-state index contributed by atoms with van der Waals surface area (Å²) in [7, 11) is 0. The number of aromatic nitrogens is 1. The van der Waals surface area contributed by atoms with E-state index < -0.39 is 0 Å². The molecule has 0 fully saturated rings. The summed E-state index contributed by atoms with van der Waals surface area (Å²) in [6.07, 6.45) is 2.06. The van der Waals surface area contributed by atoms with Crippen LogP contribution in [-0.2, 0) is 22.4 Å². The van der Waals surface area contributed by atoms with Gasteiger partial charge in [-0.25, -0.2) is 9.18 Å². The molecule has 1 atom stereocenters. The third-order valence-electron chi connectivity index (χ3n) is 5.18. The lowest BCUT2D eigenvalue weighted by atomic mass is 9.85. The summed E-state index contributed by atoms with van der Waals surface area (Å²) in [5.41, 5.74) is 4.10. The first-order valence-corrected chi connectivity index (χ1v) is 9.42. The van der Waals surface area contributed by atoms with Crippen molar-refractivity contribution in [1.29, 1.82) is 0 Å². The lowest BCUT2D eigenvalue weighted by Gasteiger charge is -2.22. The van der Waals surface area contributed by atoms with E-state index in [1.165, 1.54) is 12.1 Å². The van der Waals surface area contributed by atoms with E-state index in [0.29, 0.717) is 24.3 Å². The Bertz CT molecular complexity index is 1040. The van der Waals surface area contributed by atoms with Crippen LogP contribution in [0.15, 0.2) is 42.5 Å². The molecule has 0 bridgehead atoms. The number of rotatable bonds is 4. The zero-order chi connectivity index (χ0) is 19.7. The number of ether oxygens (including phenoxy) is 1. The minimum atomic E-state index is -0.383. The van der Waals surface area contributed by atoms with Crippen molar-refractivity contribution in [3.63, 3.8) is 0 Å². The van der Waals surface area contributed by atoms with Crippen molar-refractivity contribution in [3.8, 4) is 0 Å². The van der Waals surface area contributed by atoms with Gasteiger partial charge in [0.2, 0.25) is 5.91 Å². The summed E-state index contributed by atoms with van der Waals surface area (Å²) in [4.78, 5) is 27.8. The van der Waals surface area contributed by atoms with Gasteiger partial charge in [0.15, 0.2) is 0 Å². The molecule has 0 saturated heterocycles. The Balaban J connectivity index is 1.47. The Morgan fingerprint density at radius 2 is 2.00 bits per heavy atom. The molecule has 1 aromatic heterocycles. The highest BCUT2D eigenvalue weighted by Crippen LogP contribution is 2.32. The summed E-state index contributed by atoms with van der Waals surface area (Å²) >= 11 is 0. The van der Waals surface area contributed by atoms with Crippen molar-refractivity contribution in [3.05, 3.63) is 65.1 Å². The molecule has 0 aliphatic heterocycles. The van der Waals surface area contributed by atoms with E-state index in [1.54, 1.807) is 37.3 Å². The fourth-order valence-corrected chi connectivity index (χ4v) is 3.76. The highest BCUT2D eigenvalue weighted by molar-refractivity contribution is 5.95. The monoisotopic (exact) mass is 380 g/mol. The van der Waals surface area contributed by atoms with Gasteiger partial charge in [0.25, 0.3) is 0 Å². The van der Waals surface area contributed by atoms with E-state index in [-0.39, 0.29) is 23.6 Å². The molecule has 2 aromatic carbocycles. The van der Waals surface area contributed by atoms with Gasteiger partial charge in [0.05, 0.1) is 12.2 Å². The number of hydrogen-bond acceptors (Lipinski definition) is 3. The number of carbonyl (C=O) groups is 2. The van der Waals surface area contributed by atoms with E-state index in [9.17, 15) is 14.0 Å². The number of hydrogen-bond donors (Lipinski definition) is 2. The molecule has 5 nitrogen and oxygen atoms in total. The second-order valence-electron chi connectivity index (χ2n) is 7.00. The van der Waals surface area contributed by atoms with Gasteiger partial charge in [-0.1, -0.05) is 0 Å². The van der Waals surface area contributed by atoms with E-state index >= 15 is 0 Å². The molecule has 144 valence electrons. The van der Waals surface area contributed by atoms with Gasteiger partial charge in [-0.05, 0) is 74.2 Å². The molecule has 0 radical (unpaired) electrons. The van der Waals surface area contributed by atoms with Crippen molar-refractivity contribution in [1.82, 2.24) is 4.98 Å². The molecule has 3 aromatic rings. The second kappa shape index (κ2) is 7.46. The Hall–Kier alpha value is -3.15. The number of halogens is 1. The standard InChI is InChI=1S/C22H21FN2O3/c1-2-28-22(27)13-3-7-16(8-4-13)24-21(26)14-5-9-19-17(11-14)18-12-15(23)6-10-20(18)25-19/h3-4,6-8,10,12,14,25H,2,5,9,11H2,1H3,(H,24,26). The van der Waals surface area contributed by atoms with Crippen molar-refractivity contribution in [2.75, 3.05) is 11.9 Å². The third kappa shape index (κ3) is 3.50. The first-order chi connectivity index (χ1) is 13.5. The van der Waals surface area contributed by atoms with E-state index in [2.05, 4.69) is 10.3 Å². The molecule has 1 heterocycles. The highest BCUT2D eigenvalue weighted by Gasteiger charge is 2.27. The quantitative estimate of drug-likeness (QED) is 0.666. The molecular weight excluding hydrogens is 359 g/mol. The number of benzene rings is 2. The lowest BCUT2D eigenvalue weighted by Crippen LogP contribution is -2.28. The van der Waals surface area contributed by atoms with Crippen LogP contribution in [0.2, 0.25) is 0 Å². The second-order valence-corrected chi connectivity index (χ2v) is 7.00. The normalized spacial score (nSPS) is 15.9. The first-order valence-electron chi connectivity index (χ1n) is 9.42. The fraction of sp³-hybridized carbons (Fsp3) is 0.273. The van der Waals surface area contributed by atoms with Crippen LogP contribution < -0.4 is 5.32 Å². The van der Waals surface area contributed by atoms with Gasteiger partial charge in [0, 0.05) is 28.2 Å². The summed E-state index contributed by atoms with van der Waals surface area (Å²) in [6, 6.07) is 11.4. The number of nitrogens with one attached hydrogen (secondary N) is 2. The summed E-state index contributed by atoms with van der Waals surface area (Å²) < 4.78 is 18.6. The molecule has 0 saturated carbocycles. The van der Waals surface area contributed by atoms with E-state index in [4.69, 9.17) is 4.74 Å². The molecule has 0 spiro atoms. The number of aryl methyl sites for hydroxylation is 1. The van der Waals surface area contributed by atoms with Crippen LogP contribution in [0.5, 0.6) is 0 Å². The molecule has 2 N–H and O–H groups in total. The van der Waals surface area contributed by atoms with Crippen LogP contribution in [0.25, 0.3) is 10.9 Å². The minimum absolute atomic E-state index is 0.0692. The minimum Gasteiger partial charge on any atom is -0.462 e. The number of aromatic amines is 1. The number of carbonyl (C=O) groups excluding carboxylic acids is 2. The number of H-pyrrole nitrogens is 1. The van der Waals surface area contributed by atoms with Crippen LogP contribution in [-0.4, -0.2) is 23.5 Å². The third-order valence-corrected chi connectivity index (χ3v) is 5.18. The van der Waals surface area contributed by atoms with E-state index in [0.717, 1.165) is 35.0 Å². The van der Waals surface area contributed by atoms with Gasteiger partial charge in [-0.3, -0.25) is 4.79 Å². The lowest BCUT2D eigenvalue weighted by molar-refractivity contribution is -0.120. The van der Waals surface area contributed by atoms with Crippen LogP contribution in [0, 0.1) is 11.7 Å². The van der Waals surface area contributed by atoms with Crippen molar-refractivity contribution in [2.24, 2.45) is 5.92 Å². The fourth-order valence-electron chi connectivity index (χ4n) is 3.76. The summed E-state index contributed by atoms with van der Waals surface area (Å²) in [5.74, 6) is -0.908. The predicted molar refractivity (Wildman–Crippen MR) is 105 cm³/mol. The number of amides is 1. The molecule has 1 amide bonds. The first kappa shape index (κ1) is 18.2. The smallest absolute Gasteiger partial charge is 0.338 e. The average molecular weight is 380 g/mol. The maximum absolute atomic E-state index is 13.6. The van der Waals surface area contributed by atoms with Gasteiger partial charge in [-0.2, -0.15) is 0 Å². The molecule has 1 aliphatic carbocycles. The van der Waals surface area contributed by atoms with Gasteiger partial charge in [0.1, 0.15) is 5.82 Å². The SMILES string of the molecule is CCOC(=O)c1ccc(NC(=O)C2CCc3[nH]c4ccc(F)cc4c3C2)cc1. The highest BCUT2D eigenvalue weighted by atomic mass is 19.1. The number of fused-ring (bicyclic) bond motifs is 3. The summed E-state index contributed by atoms with van der Waals surface area (Å²) in [5, 5.41) is 3.77. The van der Waals surface area contributed by atoms with Crippen LogP contribution in [0.4, 0.5) is 10.1 Å². The molecular formula is C22H21FN2O3. The Labute approximate surface area is 161 Å². The van der Waals surface area contributed by atoms with Crippen LogP contribution in [0.3, 0.4) is 0 Å². The number of esters is 1. The zero-order valence-electron chi connectivity index (χ0n) is 15.5. The topological polar surface area (TPSA) is 71.2 Å².